The summed E-state index contributed by atoms with van der Waals surface area (Å²) >= 11 is 0. The van der Waals surface area contributed by atoms with Gasteiger partial charge >= 0.3 is 0 Å². The monoisotopic (exact) mass is 196 g/mol. The van der Waals surface area contributed by atoms with E-state index in [1.165, 1.54) is 19.4 Å². The zero-order chi connectivity index (χ0) is 9.97. The van der Waals surface area contributed by atoms with E-state index in [9.17, 15) is 4.79 Å². The molecule has 80 valence electrons. The third-order valence-corrected chi connectivity index (χ3v) is 3.37. The Balaban J connectivity index is 1.70. The fraction of sp³-hybridized carbons (Fsp3) is 0.909. The standard InChI is InChI=1S/C11H20N2O/c1-2-13-7-3-4-10(13)8-12-11(14)9-5-6-9/h9-10H,2-8H2,1H3,(H,12,14). The Bertz CT molecular complexity index is 213. The molecule has 0 radical (unpaired) electrons. The third kappa shape index (κ3) is 2.27. The molecule has 0 aromatic heterocycles. The number of nitrogens with one attached hydrogen (secondary N) is 1. The van der Waals surface area contributed by atoms with Crippen LogP contribution in [0, 0.1) is 5.92 Å². The van der Waals surface area contributed by atoms with Crippen LogP contribution in [-0.2, 0) is 4.79 Å². The molecule has 0 spiro atoms. The maximum Gasteiger partial charge on any atom is 0.223 e. The van der Waals surface area contributed by atoms with E-state index in [2.05, 4.69) is 17.1 Å². The van der Waals surface area contributed by atoms with Crippen LogP contribution >= 0.6 is 0 Å². The van der Waals surface area contributed by atoms with Crippen LogP contribution in [0.1, 0.15) is 32.6 Å². The van der Waals surface area contributed by atoms with Crippen molar-refractivity contribution in [2.75, 3.05) is 19.6 Å². The van der Waals surface area contributed by atoms with Crippen molar-refractivity contribution in [2.24, 2.45) is 5.92 Å². The summed E-state index contributed by atoms with van der Waals surface area (Å²) in [4.78, 5) is 13.9. The Morgan fingerprint density at radius 1 is 1.43 bits per heavy atom. The summed E-state index contributed by atoms with van der Waals surface area (Å²) in [5, 5.41) is 3.07. The van der Waals surface area contributed by atoms with Crippen LogP contribution in [0.3, 0.4) is 0 Å². The number of likely N-dealkylation sites (tertiary alicyclic amines) is 1. The van der Waals surface area contributed by atoms with Crippen molar-refractivity contribution in [1.82, 2.24) is 10.2 Å². The molecule has 2 rings (SSSR count). The van der Waals surface area contributed by atoms with Crippen LogP contribution in [0.25, 0.3) is 0 Å². The molecule has 0 aromatic rings. The molecule has 1 aliphatic carbocycles. The summed E-state index contributed by atoms with van der Waals surface area (Å²) in [6.07, 6.45) is 4.75. The number of carbonyl (C=O) groups excluding carboxylic acids is 1. The van der Waals surface area contributed by atoms with Crippen molar-refractivity contribution < 1.29 is 4.79 Å². The third-order valence-electron chi connectivity index (χ3n) is 3.37. The molecule has 1 saturated carbocycles. The summed E-state index contributed by atoms with van der Waals surface area (Å²) in [6.45, 7) is 5.38. The molecule has 3 nitrogen and oxygen atoms in total. The van der Waals surface area contributed by atoms with E-state index >= 15 is 0 Å². The Labute approximate surface area is 85.8 Å². The van der Waals surface area contributed by atoms with Gasteiger partial charge in [0.05, 0.1) is 0 Å². The Morgan fingerprint density at radius 3 is 2.86 bits per heavy atom. The fourth-order valence-corrected chi connectivity index (χ4v) is 2.25. The lowest BCUT2D eigenvalue weighted by atomic mass is 10.2. The quantitative estimate of drug-likeness (QED) is 0.727. The van der Waals surface area contributed by atoms with Crippen LogP contribution in [-0.4, -0.2) is 36.5 Å². The minimum absolute atomic E-state index is 0.285. The molecule has 1 N–H and O–H groups in total. The average Bonchev–Trinajstić information content (AvgIpc) is 2.94. The highest BCUT2D eigenvalue weighted by Gasteiger charge is 2.30. The van der Waals surface area contributed by atoms with Gasteiger partial charge in [0.25, 0.3) is 0 Å². The van der Waals surface area contributed by atoms with Crippen molar-refractivity contribution in [3.63, 3.8) is 0 Å². The number of hydrogen-bond donors (Lipinski definition) is 1. The minimum atomic E-state index is 0.285. The molecule has 2 aliphatic rings. The van der Waals surface area contributed by atoms with E-state index in [0.717, 1.165) is 25.9 Å². The highest BCUT2D eigenvalue weighted by Crippen LogP contribution is 2.28. The van der Waals surface area contributed by atoms with E-state index in [1.807, 2.05) is 0 Å². The van der Waals surface area contributed by atoms with Gasteiger partial charge in [0.1, 0.15) is 0 Å². The molecule has 1 unspecified atom stereocenters. The van der Waals surface area contributed by atoms with Gasteiger partial charge < -0.3 is 5.32 Å². The topological polar surface area (TPSA) is 32.3 Å². The second-order valence-electron chi connectivity index (χ2n) is 4.44. The summed E-state index contributed by atoms with van der Waals surface area (Å²) in [7, 11) is 0. The largest absolute Gasteiger partial charge is 0.354 e. The zero-order valence-electron chi connectivity index (χ0n) is 8.96. The van der Waals surface area contributed by atoms with Gasteiger partial charge in [-0.3, -0.25) is 9.69 Å². The van der Waals surface area contributed by atoms with E-state index in [4.69, 9.17) is 0 Å². The second-order valence-corrected chi connectivity index (χ2v) is 4.44. The van der Waals surface area contributed by atoms with E-state index in [1.54, 1.807) is 0 Å². The molecule has 14 heavy (non-hydrogen) atoms. The normalized spacial score (nSPS) is 27.9. The van der Waals surface area contributed by atoms with Gasteiger partial charge in [0, 0.05) is 18.5 Å². The summed E-state index contributed by atoms with van der Waals surface area (Å²) in [6, 6.07) is 0.600. The van der Waals surface area contributed by atoms with Crippen LogP contribution in [0.15, 0.2) is 0 Å². The number of rotatable bonds is 4. The van der Waals surface area contributed by atoms with E-state index in [-0.39, 0.29) is 5.91 Å². The van der Waals surface area contributed by atoms with Crippen molar-refractivity contribution >= 4 is 5.91 Å². The lowest BCUT2D eigenvalue weighted by Gasteiger charge is -2.22. The van der Waals surface area contributed by atoms with Crippen molar-refractivity contribution in [1.29, 1.82) is 0 Å². The molecule has 1 saturated heterocycles. The van der Waals surface area contributed by atoms with Crippen LogP contribution in [0.2, 0.25) is 0 Å². The number of hydrogen-bond acceptors (Lipinski definition) is 2. The molecule has 1 amide bonds. The Morgan fingerprint density at radius 2 is 2.21 bits per heavy atom. The lowest BCUT2D eigenvalue weighted by Crippen LogP contribution is -2.40. The van der Waals surface area contributed by atoms with Crippen molar-refractivity contribution in [2.45, 2.75) is 38.6 Å². The molecular weight excluding hydrogens is 176 g/mol. The first kappa shape index (κ1) is 9.97. The molecule has 2 fully saturated rings. The smallest absolute Gasteiger partial charge is 0.223 e. The molecular formula is C11H20N2O. The first-order chi connectivity index (χ1) is 6.81. The van der Waals surface area contributed by atoms with E-state index in [0.29, 0.717) is 12.0 Å². The minimum Gasteiger partial charge on any atom is -0.354 e. The van der Waals surface area contributed by atoms with Crippen LogP contribution < -0.4 is 5.32 Å². The van der Waals surface area contributed by atoms with Crippen LogP contribution in [0.4, 0.5) is 0 Å². The SMILES string of the molecule is CCN1CCCC1CNC(=O)C1CC1. The Kier molecular flexibility index (Phi) is 3.06. The number of likely N-dealkylation sites (N-methyl/N-ethyl adjacent to an activating group) is 1. The molecule has 1 heterocycles. The number of nitrogens with zero attached hydrogens (tertiary/aromatic N) is 1. The van der Waals surface area contributed by atoms with Crippen LogP contribution in [0.5, 0.6) is 0 Å². The van der Waals surface area contributed by atoms with Gasteiger partial charge in [0.15, 0.2) is 0 Å². The van der Waals surface area contributed by atoms with Gasteiger partial charge in [-0.2, -0.15) is 0 Å². The van der Waals surface area contributed by atoms with Crippen molar-refractivity contribution in [3.05, 3.63) is 0 Å². The summed E-state index contributed by atoms with van der Waals surface area (Å²) in [5.74, 6) is 0.638. The highest BCUT2D eigenvalue weighted by molar-refractivity contribution is 5.80. The number of amides is 1. The van der Waals surface area contributed by atoms with Crippen molar-refractivity contribution in [3.8, 4) is 0 Å². The molecule has 1 atom stereocenters. The van der Waals surface area contributed by atoms with Gasteiger partial charge in [-0.1, -0.05) is 6.92 Å². The first-order valence-corrected chi connectivity index (χ1v) is 5.83. The predicted molar refractivity (Wildman–Crippen MR) is 56.0 cm³/mol. The molecule has 3 heteroatoms. The van der Waals surface area contributed by atoms with Gasteiger partial charge in [0.2, 0.25) is 5.91 Å². The zero-order valence-corrected chi connectivity index (χ0v) is 8.96. The number of carbonyl (C=O) groups is 1. The fourth-order valence-electron chi connectivity index (χ4n) is 2.25. The first-order valence-electron chi connectivity index (χ1n) is 5.83. The lowest BCUT2D eigenvalue weighted by molar-refractivity contribution is -0.122. The summed E-state index contributed by atoms with van der Waals surface area (Å²) in [5.41, 5.74) is 0. The van der Waals surface area contributed by atoms with Gasteiger partial charge in [-0.25, -0.2) is 0 Å². The van der Waals surface area contributed by atoms with Gasteiger partial charge in [-0.15, -0.1) is 0 Å². The summed E-state index contributed by atoms with van der Waals surface area (Å²) < 4.78 is 0. The maximum atomic E-state index is 11.4. The molecule has 1 aliphatic heterocycles. The molecule has 0 bridgehead atoms. The maximum absolute atomic E-state index is 11.4. The molecule has 0 aromatic carbocycles. The predicted octanol–water partition coefficient (Wildman–Crippen LogP) is 0.997. The highest BCUT2D eigenvalue weighted by atomic mass is 16.2. The van der Waals surface area contributed by atoms with E-state index < -0.39 is 0 Å². The average molecular weight is 196 g/mol. The second kappa shape index (κ2) is 4.30. The van der Waals surface area contributed by atoms with Gasteiger partial charge in [-0.05, 0) is 38.8 Å². The Hall–Kier alpha value is -0.570.